The Balaban J connectivity index is 1.98. The van der Waals surface area contributed by atoms with Gasteiger partial charge in [-0.25, -0.2) is 4.39 Å². The largest absolute Gasteiger partial charge is 0.361 e. The van der Waals surface area contributed by atoms with Crippen molar-refractivity contribution in [3.05, 3.63) is 22.9 Å². The molecular formula is C13H14FN3O2. The number of hydrogen-bond acceptors (Lipinski definition) is 5. The number of nitrogens with zero attached hydrogens (tertiary/aromatic N) is 3. The molecule has 2 aromatic rings. The minimum atomic E-state index is -0.372. The van der Waals surface area contributed by atoms with E-state index in [0.717, 1.165) is 31.3 Å². The summed E-state index contributed by atoms with van der Waals surface area (Å²) in [5, 5.41) is 7.63. The van der Waals surface area contributed by atoms with Crippen LogP contribution in [0.4, 0.5) is 4.39 Å². The van der Waals surface area contributed by atoms with E-state index < -0.39 is 0 Å². The molecule has 0 unspecified atom stereocenters. The highest BCUT2D eigenvalue weighted by atomic mass is 19.1. The number of allylic oxidation sites excluding steroid dienone is 1. The fraction of sp³-hybridized carbons (Fsp3) is 0.462. The Labute approximate surface area is 109 Å². The summed E-state index contributed by atoms with van der Waals surface area (Å²) in [6, 6.07) is 0. The summed E-state index contributed by atoms with van der Waals surface area (Å²) in [5.41, 5.74) is 2.10. The predicted octanol–water partition coefficient (Wildman–Crippen LogP) is 3.60. The van der Waals surface area contributed by atoms with Crippen molar-refractivity contribution in [3.63, 3.8) is 0 Å². The molecule has 1 fully saturated rings. The van der Waals surface area contributed by atoms with E-state index in [9.17, 15) is 4.39 Å². The van der Waals surface area contributed by atoms with Crippen LogP contribution in [0.25, 0.3) is 17.2 Å². The molecule has 5 nitrogen and oxygen atoms in total. The van der Waals surface area contributed by atoms with Gasteiger partial charge in [-0.1, -0.05) is 10.3 Å². The molecule has 6 heteroatoms. The molecule has 0 spiro atoms. The highest BCUT2D eigenvalue weighted by Crippen LogP contribution is 2.33. The van der Waals surface area contributed by atoms with Gasteiger partial charge >= 0.3 is 0 Å². The molecule has 0 radical (unpaired) electrons. The van der Waals surface area contributed by atoms with Crippen molar-refractivity contribution in [1.82, 2.24) is 15.3 Å². The van der Waals surface area contributed by atoms with Crippen LogP contribution in [0.1, 0.15) is 43.0 Å². The van der Waals surface area contributed by atoms with Gasteiger partial charge in [0.1, 0.15) is 5.76 Å². The number of aromatic nitrogens is 3. The molecular weight excluding hydrogens is 249 g/mol. The summed E-state index contributed by atoms with van der Waals surface area (Å²) in [7, 11) is 0. The van der Waals surface area contributed by atoms with Crippen LogP contribution in [0, 0.1) is 13.8 Å². The average molecular weight is 263 g/mol. The van der Waals surface area contributed by atoms with Crippen LogP contribution in [0.5, 0.6) is 0 Å². The first-order valence-electron chi connectivity index (χ1n) is 6.31. The predicted molar refractivity (Wildman–Crippen MR) is 65.8 cm³/mol. The summed E-state index contributed by atoms with van der Waals surface area (Å²) in [6.45, 7) is 3.55. The second-order valence-electron chi connectivity index (χ2n) is 4.75. The van der Waals surface area contributed by atoms with Gasteiger partial charge in [-0.3, -0.25) is 0 Å². The van der Waals surface area contributed by atoms with Crippen LogP contribution < -0.4 is 0 Å². The van der Waals surface area contributed by atoms with E-state index in [0.29, 0.717) is 22.8 Å². The van der Waals surface area contributed by atoms with Crippen LogP contribution in [-0.4, -0.2) is 15.3 Å². The lowest BCUT2D eigenvalue weighted by Gasteiger charge is -1.95. The zero-order valence-corrected chi connectivity index (χ0v) is 10.9. The third kappa shape index (κ3) is 2.07. The Bertz CT molecular complexity index is 615. The van der Waals surface area contributed by atoms with Crippen LogP contribution in [0.2, 0.25) is 0 Å². The Morgan fingerprint density at radius 2 is 1.84 bits per heavy atom. The fourth-order valence-electron chi connectivity index (χ4n) is 2.39. The van der Waals surface area contributed by atoms with Gasteiger partial charge in [-0.15, -0.1) is 0 Å². The normalized spacial score (nSPS) is 15.2. The van der Waals surface area contributed by atoms with Crippen LogP contribution in [0.15, 0.2) is 14.6 Å². The van der Waals surface area contributed by atoms with Gasteiger partial charge in [-0.05, 0) is 45.1 Å². The lowest BCUT2D eigenvalue weighted by molar-refractivity contribution is 0.392. The molecule has 0 bridgehead atoms. The van der Waals surface area contributed by atoms with E-state index in [4.69, 9.17) is 9.05 Å². The molecule has 0 atom stereocenters. The number of halogens is 1. The van der Waals surface area contributed by atoms with E-state index in [1.54, 1.807) is 13.8 Å². The molecule has 100 valence electrons. The molecule has 1 saturated carbocycles. The van der Waals surface area contributed by atoms with E-state index in [1.165, 1.54) is 0 Å². The first kappa shape index (κ1) is 12.1. The molecule has 3 rings (SSSR count). The Kier molecular flexibility index (Phi) is 2.93. The Morgan fingerprint density at radius 3 is 2.47 bits per heavy atom. The first-order chi connectivity index (χ1) is 9.16. The number of rotatable bonds is 2. The van der Waals surface area contributed by atoms with Gasteiger partial charge in [0.15, 0.2) is 5.83 Å². The van der Waals surface area contributed by atoms with Gasteiger partial charge in [0.2, 0.25) is 5.82 Å². The monoisotopic (exact) mass is 263 g/mol. The number of aryl methyl sites for hydroxylation is 2. The number of hydrogen-bond donors (Lipinski definition) is 0. The highest BCUT2D eigenvalue weighted by molar-refractivity contribution is 5.62. The zero-order valence-electron chi connectivity index (χ0n) is 10.9. The van der Waals surface area contributed by atoms with Crippen molar-refractivity contribution >= 4 is 5.83 Å². The topological polar surface area (TPSA) is 65.0 Å². The third-order valence-corrected chi connectivity index (χ3v) is 3.39. The fourth-order valence-corrected chi connectivity index (χ4v) is 2.39. The van der Waals surface area contributed by atoms with Gasteiger partial charge < -0.3 is 9.05 Å². The van der Waals surface area contributed by atoms with Crippen molar-refractivity contribution in [2.45, 2.75) is 39.5 Å². The second kappa shape index (κ2) is 4.60. The first-order valence-corrected chi connectivity index (χ1v) is 6.31. The van der Waals surface area contributed by atoms with Crippen molar-refractivity contribution in [1.29, 1.82) is 0 Å². The molecule has 2 heterocycles. The van der Waals surface area contributed by atoms with Gasteiger partial charge in [0.05, 0.1) is 11.3 Å². The molecule has 0 aromatic carbocycles. The van der Waals surface area contributed by atoms with Gasteiger partial charge in [-0.2, -0.15) is 4.98 Å². The van der Waals surface area contributed by atoms with Crippen molar-refractivity contribution in [2.24, 2.45) is 0 Å². The van der Waals surface area contributed by atoms with Crippen LogP contribution >= 0.6 is 0 Å². The van der Waals surface area contributed by atoms with Crippen molar-refractivity contribution in [3.8, 4) is 11.4 Å². The maximum Gasteiger partial charge on any atom is 0.286 e. The Morgan fingerprint density at radius 1 is 1.11 bits per heavy atom. The summed E-state index contributed by atoms with van der Waals surface area (Å²) in [4.78, 5) is 4.11. The van der Waals surface area contributed by atoms with Crippen molar-refractivity contribution in [2.75, 3.05) is 0 Å². The second-order valence-corrected chi connectivity index (χ2v) is 4.75. The van der Waals surface area contributed by atoms with E-state index in [2.05, 4.69) is 15.3 Å². The summed E-state index contributed by atoms with van der Waals surface area (Å²) < 4.78 is 24.2. The van der Waals surface area contributed by atoms with E-state index in [-0.39, 0.29) is 11.7 Å². The molecule has 2 aromatic heterocycles. The van der Waals surface area contributed by atoms with Crippen LogP contribution in [0.3, 0.4) is 0 Å². The average Bonchev–Trinajstić information content (AvgIpc) is 3.10. The quantitative estimate of drug-likeness (QED) is 0.828. The van der Waals surface area contributed by atoms with Gasteiger partial charge in [0.25, 0.3) is 5.89 Å². The van der Waals surface area contributed by atoms with Crippen LogP contribution in [-0.2, 0) is 0 Å². The lowest BCUT2D eigenvalue weighted by atomic mass is 10.2. The molecule has 0 amide bonds. The van der Waals surface area contributed by atoms with Gasteiger partial charge in [0, 0.05) is 0 Å². The van der Waals surface area contributed by atoms with E-state index >= 15 is 0 Å². The molecule has 19 heavy (non-hydrogen) atoms. The third-order valence-electron chi connectivity index (χ3n) is 3.39. The smallest absolute Gasteiger partial charge is 0.286 e. The maximum absolute atomic E-state index is 14.1. The van der Waals surface area contributed by atoms with Crippen molar-refractivity contribution < 1.29 is 13.4 Å². The Hall–Kier alpha value is -1.98. The molecule has 0 saturated heterocycles. The maximum atomic E-state index is 14.1. The molecule has 1 aliphatic carbocycles. The molecule has 0 aliphatic heterocycles. The lowest BCUT2D eigenvalue weighted by Crippen LogP contribution is -1.86. The highest BCUT2D eigenvalue weighted by Gasteiger charge is 2.22. The minimum Gasteiger partial charge on any atom is -0.361 e. The SMILES string of the molecule is Cc1noc(C)c1-c1noc(C(F)=C2CCCC2)n1. The minimum absolute atomic E-state index is 0.0492. The molecule has 0 N–H and O–H groups in total. The standard InChI is InChI=1S/C13H14FN3O2/c1-7-10(8(2)18-16-7)12-15-13(19-17-12)11(14)9-5-3-4-6-9/h3-6H2,1-2H3. The van der Waals surface area contributed by atoms with E-state index in [1.807, 2.05) is 0 Å². The summed E-state index contributed by atoms with van der Waals surface area (Å²) in [5.74, 6) is 0.494. The zero-order chi connectivity index (χ0) is 13.4. The summed E-state index contributed by atoms with van der Waals surface area (Å²) in [6.07, 6.45) is 3.59. The molecule has 1 aliphatic rings. The summed E-state index contributed by atoms with van der Waals surface area (Å²) >= 11 is 0.